The fraction of sp³-hybridized carbons (Fsp3) is 0.743. The summed E-state index contributed by atoms with van der Waals surface area (Å²) in [5.74, 6) is -2.64. The largest absolute Gasteiger partial charge is 0.472 e. The number of fused-ring (bicyclic) bond motifs is 2. The SMILES string of the molecule is C/C=C(\C)C(=O)O[C@H]1C[C@@H](c2ccoc2)[C@@](C)(O)[C@]12O[C@H]1C[C@@H]3[C@@]4(C)[C@@H](OC(C)=O)C[C@H](OC(C)=O)[C@@]5(C)CO[C@H]([C@@H]54)[C@H](O)[C@]32C1. The topological polar surface area (TPSA) is 151 Å². The van der Waals surface area contributed by atoms with Crippen LogP contribution in [0.2, 0.25) is 0 Å². The Morgan fingerprint density at radius 3 is 2.30 bits per heavy atom. The van der Waals surface area contributed by atoms with Gasteiger partial charge in [-0.15, -0.1) is 0 Å². The molecule has 7 rings (SSSR count). The summed E-state index contributed by atoms with van der Waals surface area (Å²) in [7, 11) is 0. The second kappa shape index (κ2) is 10.1. The number of aliphatic hydroxyl groups is 2. The van der Waals surface area contributed by atoms with Crippen LogP contribution < -0.4 is 0 Å². The highest BCUT2D eigenvalue weighted by Gasteiger charge is 2.89. The molecule has 252 valence electrons. The van der Waals surface area contributed by atoms with E-state index in [1.54, 1.807) is 45.4 Å². The van der Waals surface area contributed by atoms with E-state index in [2.05, 4.69) is 6.92 Å². The van der Waals surface area contributed by atoms with E-state index in [9.17, 15) is 24.6 Å². The molecule has 6 fully saturated rings. The van der Waals surface area contributed by atoms with Gasteiger partial charge >= 0.3 is 17.9 Å². The highest BCUT2D eigenvalue weighted by Crippen LogP contribution is 2.80. The van der Waals surface area contributed by atoms with Gasteiger partial charge in [0.05, 0.1) is 37.4 Å². The fourth-order valence-electron chi connectivity index (χ4n) is 11.7. The van der Waals surface area contributed by atoms with Gasteiger partial charge in [0.25, 0.3) is 0 Å². The normalized spacial score (nSPS) is 50.3. The number of hydrogen-bond donors (Lipinski definition) is 2. The zero-order valence-electron chi connectivity index (χ0n) is 27.6. The Morgan fingerprint density at radius 2 is 1.67 bits per heavy atom. The number of esters is 3. The van der Waals surface area contributed by atoms with Crippen LogP contribution in [0.1, 0.15) is 85.6 Å². The number of furan rings is 1. The minimum atomic E-state index is -1.63. The molecule has 4 saturated carbocycles. The van der Waals surface area contributed by atoms with Crippen molar-refractivity contribution in [1.29, 1.82) is 0 Å². The van der Waals surface area contributed by atoms with Crippen molar-refractivity contribution in [1.82, 2.24) is 0 Å². The standard InChI is InChI=1S/C35H46O11/c1-8-17(2)30(39)45-26-12-22(20-9-10-41-15-20)33(7,40)35(26)34-14-21(46-35)11-23(34)32(6)25(44-19(4)37)13-24(43-18(3)36)31(5)16-42-27(28(31)32)29(34)38/h8-10,15,21-29,38,40H,11-14,16H2,1-7H3/b17-8+/t21-,22-,23+,24-,25-,26-,27+,28-,29-,31+,32-,33+,34-,35+/m0/s1. The van der Waals surface area contributed by atoms with Gasteiger partial charge in [0, 0.05) is 53.9 Å². The van der Waals surface area contributed by atoms with E-state index in [4.69, 9.17) is 28.1 Å². The Bertz CT molecular complexity index is 1470. The number of allylic oxidation sites excluding steroid dienone is 1. The first-order chi connectivity index (χ1) is 21.6. The summed E-state index contributed by atoms with van der Waals surface area (Å²) in [4.78, 5) is 38.4. The van der Waals surface area contributed by atoms with Gasteiger partial charge in [0.15, 0.2) is 0 Å². The first kappa shape index (κ1) is 31.8. The van der Waals surface area contributed by atoms with Gasteiger partial charge in [-0.2, -0.15) is 0 Å². The lowest BCUT2D eigenvalue weighted by Gasteiger charge is -2.69. The molecule has 2 bridgehead atoms. The zero-order chi connectivity index (χ0) is 33.2. The Hall–Kier alpha value is -2.73. The van der Waals surface area contributed by atoms with E-state index in [1.165, 1.54) is 13.8 Å². The molecule has 2 spiro atoms. The lowest BCUT2D eigenvalue weighted by atomic mass is 9.38. The average molecular weight is 643 g/mol. The van der Waals surface area contributed by atoms with Crippen molar-refractivity contribution in [3.63, 3.8) is 0 Å². The van der Waals surface area contributed by atoms with Crippen molar-refractivity contribution < 1.29 is 52.7 Å². The molecule has 0 radical (unpaired) electrons. The third-order valence-electron chi connectivity index (χ3n) is 13.4. The van der Waals surface area contributed by atoms with Crippen molar-refractivity contribution in [3.05, 3.63) is 35.8 Å². The molecule has 11 nitrogen and oxygen atoms in total. The van der Waals surface area contributed by atoms with E-state index >= 15 is 0 Å². The second-order valence-electron chi connectivity index (χ2n) is 15.4. The van der Waals surface area contributed by atoms with Gasteiger partial charge in [-0.05, 0) is 57.6 Å². The van der Waals surface area contributed by atoms with Crippen LogP contribution in [0.4, 0.5) is 0 Å². The number of hydrogen-bond acceptors (Lipinski definition) is 11. The van der Waals surface area contributed by atoms with Gasteiger partial charge in [-0.1, -0.05) is 19.9 Å². The number of rotatable bonds is 5. The predicted octanol–water partition coefficient (Wildman–Crippen LogP) is 3.60. The molecule has 14 atom stereocenters. The predicted molar refractivity (Wildman–Crippen MR) is 160 cm³/mol. The van der Waals surface area contributed by atoms with Gasteiger partial charge in [0.2, 0.25) is 0 Å². The van der Waals surface area contributed by atoms with E-state index in [-0.39, 0.29) is 37.4 Å². The van der Waals surface area contributed by atoms with E-state index in [0.717, 1.165) is 5.56 Å². The second-order valence-corrected chi connectivity index (χ2v) is 15.4. The van der Waals surface area contributed by atoms with Crippen LogP contribution in [0, 0.1) is 28.1 Å². The van der Waals surface area contributed by atoms with Gasteiger partial charge in [-0.3, -0.25) is 9.59 Å². The Morgan fingerprint density at radius 1 is 0.978 bits per heavy atom. The zero-order valence-corrected chi connectivity index (χ0v) is 27.6. The van der Waals surface area contributed by atoms with Crippen LogP contribution in [-0.2, 0) is 38.1 Å². The summed E-state index contributed by atoms with van der Waals surface area (Å²) in [6.45, 7) is 12.3. The first-order valence-corrected chi connectivity index (χ1v) is 16.5. The summed E-state index contributed by atoms with van der Waals surface area (Å²) < 4.78 is 37.3. The van der Waals surface area contributed by atoms with Crippen molar-refractivity contribution in [2.75, 3.05) is 6.61 Å². The third-order valence-corrected chi connectivity index (χ3v) is 13.4. The van der Waals surface area contributed by atoms with Crippen LogP contribution in [-0.4, -0.2) is 82.6 Å². The van der Waals surface area contributed by atoms with Gasteiger partial charge < -0.3 is 38.3 Å². The van der Waals surface area contributed by atoms with E-state index < -0.39 is 81.8 Å². The molecule has 6 aliphatic rings. The minimum absolute atomic E-state index is 0.229. The summed E-state index contributed by atoms with van der Waals surface area (Å²) in [5.41, 5.74) is -4.61. The maximum Gasteiger partial charge on any atom is 0.333 e. The number of carbonyl (C=O) groups is 3. The maximum absolute atomic E-state index is 13.4. The van der Waals surface area contributed by atoms with Gasteiger partial charge in [-0.25, -0.2) is 4.79 Å². The fourth-order valence-corrected chi connectivity index (χ4v) is 11.7. The minimum Gasteiger partial charge on any atom is -0.472 e. The van der Waals surface area contributed by atoms with Crippen LogP contribution in [0.25, 0.3) is 0 Å². The first-order valence-electron chi connectivity index (χ1n) is 16.5. The van der Waals surface area contributed by atoms with Crippen LogP contribution >= 0.6 is 0 Å². The molecule has 3 heterocycles. The molecule has 2 aliphatic heterocycles. The van der Waals surface area contributed by atoms with Crippen LogP contribution in [0.3, 0.4) is 0 Å². The molecule has 46 heavy (non-hydrogen) atoms. The van der Waals surface area contributed by atoms with Gasteiger partial charge in [0.1, 0.15) is 29.5 Å². The van der Waals surface area contributed by atoms with E-state index in [1.807, 2.05) is 6.92 Å². The average Bonchev–Trinajstić information content (AvgIpc) is 3.80. The van der Waals surface area contributed by atoms with Crippen LogP contribution in [0.15, 0.2) is 34.7 Å². The van der Waals surface area contributed by atoms with Crippen LogP contribution in [0.5, 0.6) is 0 Å². The molecule has 11 heteroatoms. The number of ether oxygens (including phenoxy) is 5. The molecular formula is C35H46O11. The maximum atomic E-state index is 13.4. The lowest BCUT2D eigenvalue weighted by molar-refractivity contribution is -0.337. The summed E-state index contributed by atoms with van der Waals surface area (Å²) >= 11 is 0. The molecule has 0 amide bonds. The highest BCUT2D eigenvalue weighted by molar-refractivity contribution is 5.87. The van der Waals surface area contributed by atoms with Crippen molar-refractivity contribution in [2.45, 2.75) is 128 Å². The van der Waals surface area contributed by atoms with Crippen molar-refractivity contribution in [2.24, 2.45) is 28.1 Å². The Labute approximate surface area is 268 Å². The quantitative estimate of drug-likeness (QED) is 0.275. The smallest absolute Gasteiger partial charge is 0.333 e. The summed E-state index contributed by atoms with van der Waals surface area (Å²) in [6, 6.07) is 1.80. The Balaban J connectivity index is 1.43. The monoisotopic (exact) mass is 642 g/mol. The number of carbonyl (C=O) groups excluding carboxylic acids is 3. The lowest BCUT2D eigenvalue weighted by Crippen LogP contribution is -2.79. The summed E-state index contributed by atoms with van der Waals surface area (Å²) in [6.07, 6.45) is 1.81. The third kappa shape index (κ3) is 3.71. The molecule has 0 unspecified atom stereocenters. The molecule has 0 aromatic carbocycles. The molecule has 2 N–H and O–H groups in total. The van der Waals surface area contributed by atoms with Crippen molar-refractivity contribution in [3.8, 4) is 0 Å². The summed E-state index contributed by atoms with van der Waals surface area (Å²) in [5, 5.41) is 25.7. The molecule has 4 aliphatic carbocycles. The van der Waals surface area contributed by atoms with E-state index in [0.29, 0.717) is 18.4 Å². The molecule has 1 aromatic heterocycles. The number of aliphatic hydroxyl groups excluding tert-OH is 1. The molecular weight excluding hydrogens is 596 g/mol. The Kier molecular flexibility index (Phi) is 7.02. The highest BCUT2D eigenvalue weighted by atomic mass is 16.6. The molecule has 1 aromatic rings. The van der Waals surface area contributed by atoms with Crippen molar-refractivity contribution >= 4 is 17.9 Å². The molecule has 2 saturated heterocycles.